The fourth-order valence-corrected chi connectivity index (χ4v) is 3.09. The summed E-state index contributed by atoms with van der Waals surface area (Å²) in [6.45, 7) is 5.36. The number of furan rings is 1. The molecule has 1 unspecified atom stereocenters. The van der Waals surface area contributed by atoms with Crippen LogP contribution < -0.4 is 15.8 Å². The van der Waals surface area contributed by atoms with E-state index in [1.165, 1.54) is 6.26 Å². The standard InChI is InChI=1S/C20H25N3O4.ClH/c1-20(2)13-23(9-8-17(20)21)18(24)12-27-15-6-3-5-14(11-15)22-19(25)16-7-4-10-26-16;/h3-7,10-11,17H,8-9,12-13,21H2,1-2H3,(H,22,25);1H. The van der Waals surface area contributed by atoms with Crippen molar-refractivity contribution in [3.8, 4) is 5.75 Å². The van der Waals surface area contributed by atoms with Crippen molar-refractivity contribution in [1.29, 1.82) is 0 Å². The van der Waals surface area contributed by atoms with Crippen LogP contribution >= 0.6 is 12.4 Å². The van der Waals surface area contributed by atoms with Crippen molar-refractivity contribution in [1.82, 2.24) is 4.90 Å². The van der Waals surface area contributed by atoms with E-state index in [-0.39, 0.29) is 48.0 Å². The molecule has 0 aliphatic carbocycles. The Labute approximate surface area is 170 Å². The minimum Gasteiger partial charge on any atom is -0.484 e. The van der Waals surface area contributed by atoms with Crippen LogP contribution in [0.3, 0.4) is 0 Å². The van der Waals surface area contributed by atoms with E-state index >= 15 is 0 Å². The van der Waals surface area contributed by atoms with Crippen molar-refractivity contribution in [2.75, 3.05) is 25.0 Å². The number of carbonyl (C=O) groups excluding carboxylic acids is 2. The number of rotatable bonds is 5. The van der Waals surface area contributed by atoms with Crippen molar-refractivity contribution >= 4 is 29.9 Å². The monoisotopic (exact) mass is 407 g/mol. The molecule has 28 heavy (non-hydrogen) atoms. The van der Waals surface area contributed by atoms with Crippen LogP contribution in [0, 0.1) is 5.41 Å². The van der Waals surface area contributed by atoms with Gasteiger partial charge in [0.25, 0.3) is 11.8 Å². The Morgan fingerprint density at radius 1 is 1.32 bits per heavy atom. The Kier molecular flexibility index (Phi) is 7.10. The van der Waals surface area contributed by atoms with Crippen molar-refractivity contribution in [3.63, 3.8) is 0 Å². The summed E-state index contributed by atoms with van der Waals surface area (Å²) >= 11 is 0. The molecule has 0 radical (unpaired) electrons. The van der Waals surface area contributed by atoms with Gasteiger partial charge in [-0.2, -0.15) is 0 Å². The molecule has 1 aliphatic heterocycles. The Balaban J connectivity index is 0.00000280. The number of nitrogens with one attached hydrogen (secondary N) is 1. The highest BCUT2D eigenvalue weighted by atomic mass is 35.5. The van der Waals surface area contributed by atoms with Gasteiger partial charge in [-0.25, -0.2) is 0 Å². The molecule has 0 saturated carbocycles. The second kappa shape index (κ2) is 9.12. The summed E-state index contributed by atoms with van der Waals surface area (Å²) in [5.41, 5.74) is 6.58. The molecule has 2 heterocycles. The summed E-state index contributed by atoms with van der Waals surface area (Å²) in [4.78, 5) is 26.3. The van der Waals surface area contributed by atoms with Gasteiger partial charge in [0.05, 0.1) is 6.26 Å². The Hall–Kier alpha value is -2.51. The SMILES string of the molecule is CC1(C)CN(C(=O)COc2cccc(NC(=O)c3ccco3)c2)CCC1N.Cl. The smallest absolute Gasteiger partial charge is 0.291 e. The van der Waals surface area contributed by atoms with Gasteiger partial charge in [0.2, 0.25) is 0 Å². The van der Waals surface area contributed by atoms with Gasteiger partial charge in [0, 0.05) is 30.9 Å². The number of nitrogens with two attached hydrogens (primary N) is 1. The van der Waals surface area contributed by atoms with Gasteiger partial charge >= 0.3 is 0 Å². The molecule has 1 atom stereocenters. The summed E-state index contributed by atoms with van der Waals surface area (Å²) < 4.78 is 10.7. The zero-order valence-corrected chi connectivity index (χ0v) is 16.8. The maximum Gasteiger partial charge on any atom is 0.291 e. The molecule has 2 aromatic rings. The number of benzene rings is 1. The predicted octanol–water partition coefficient (Wildman–Crippen LogP) is 2.92. The molecule has 1 fully saturated rings. The summed E-state index contributed by atoms with van der Waals surface area (Å²) in [6.07, 6.45) is 2.22. The molecular weight excluding hydrogens is 382 g/mol. The van der Waals surface area contributed by atoms with E-state index in [0.717, 1.165) is 6.42 Å². The van der Waals surface area contributed by atoms with Crippen molar-refractivity contribution < 1.29 is 18.7 Å². The van der Waals surface area contributed by atoms with Crippen LogP contribution in [0.15, 0.2) is 47.1 Å². The highest BCUT2D eigenvalue weighted by Gasteiger charge is 2.35. The van der Waals surface area contributed by atoms with E-state index < -0.39 is 0 Å². The lowest BCUT2D eigenvalue weighted by atomic mass is 9.80. The molecular formula is C20H26ClN3O4. The molecule has 2 amide bonds. The summed E-state index contributed by atoms with van der Waals surface area (Å²) in [6, 6.07) is 10.2. The van der Waals surface area contributed by atoms with Crippen LogP contribution in [-0.2, 0) is 4.79 Å². The minimum atomic E-state index is -0.347. The largest absolute Gasteiger partial charge is 0.484 e. The van der Waals surface area contributed by atoms with E-state index in [1.54, 1.807) is 41.3 Å². The van der Waals surface area contributed by atoms with Crippen LogP contribution in [0.4, 0.5) is 5.69 Å². The third-order valence-electron chi connectivity index (χ3n) is 4.86. The van der Waals surface area contributed by atoms with Crippen molar-refractivity contribution in [2.45, 2.75) is 26.3 Å². The van der Waals surface area contributed by atoms with Crippen LogP contribution in [0.25, 0.3) is 0 Å². The molecule has 1 aromatic carbocycles. The maximum absolute atomic E-state index is 12.5. The summed E-state index contributed by atoms with van der Waals surface area (Å²) in [5.74, 6) is 0.316. The molecule has 1 saturated heterocycles. The Morgan fingerprint density at radius 2 is 2.11 bits per heavy atom. The van der Waals surface area contributed by atoms with E-state index in [9.17, 15) is 9.59 Å². The van der Waals surface area contributed by atoms with Crippen molar-refractivity contribution in [2.24, 2.45) is 11.1 Å². The van der Waals surface area contributed by atoms with Gasteiger partial charge in [-0.3, -0.25) is 9.59 Å². The first-order valence-corrected chi connectivity index (χ1v) is 8.96. The number of likely N-dealkylation sites (tertiary alicyclic amines) is 1. The third-order valence-corrected chi connectivity index (χ3v) is 4.86. The fourth-order valence-electron chi connectivity index (χ4n) is 3.09. The van der Waals surface area contributed by atoms with Gasteiger partial charge in [-0.05, 0) is 36.1 Å². The molecule has 1 aromatic heterocycles. The van der Waals surface area contributed by atoms with Gasteiger partial charge in [-0.15, -0.1) is 12.4 Å². The molecule has 8 heteroatoms. The summed E-state index contributed by atoms with van der Waals surface area (Å²) in [7, 11) is 0. The van der Waals surface area contributed by atoms with Gasteiger partial charge in [0.15, 0.2) is 12.4 Å². The predicted molar refractivity (Wildman–Crippen MR) is 109 cm³/mol. The van der Waals surface area contributed by atoms with Gasteiger partial charge in [0.1, 0.15) is 5.75 Å². The lowest BCUT2D eigenvalue weighted by molar-refractivity contribution is -0.136. The number of carbonyl (C=O) groups is 2. The first-order valence-electron chi connectivity index (χ1n) is 8.96. The molecule has 3 rings (SSSR count). The first kappa shape index (κ1) is 21.8. The minimum absolute atomic E-state index is 0. The molecule has 0 bridgehead atoms. The van der Waals surface area contributed by atoms with Crippen LogP contribution in [-0.4, -0.2) is 42.5 Å². The number of hydrogen-bond acceptors (Lipinski definition) is 5. The lowest BCUT2D eigenvalue weighted by Gasteiger charge is -2.42. The number of amides is 2. The number of piperidine rings is 1. The van der Waals surface area contributed by atoms with Gasteiger partial charge in [-0.1, -0.05) is 19.9 Å². The zero-order chi connectivity index (χ0) is 19.4. The van der Waals surface area contributed by atoms with E-state index in [4.69, 9.17) is 14.9 Å². The normalized spacial score (nSPS) is 18.1. The maximum atomic E-state index is 12.5. The topological polar surface area (TPSA) is 97.8 Å². The third kappa shape index (κ3) is 5.27. The molecule has 3 N–H and O–H groups in total. The Bertz CT molecular complexity index is 808. The average molecular weight is 408 g/mol. The van der Waals surface area contributed by atoms with Crippen LogP contribution in [0.2, 0.25) is 0 Å². The number of hydrogen-bond donors (Lipinski definition) is 2. The molecule has 7 nitrogen and oxygen atoms in total. The van der Waals surface area contributed by atoms with E-state index in [0.29, 0.717) is 24.5 Å². The van der Waals surface area contributed by atoms with Gasteiger partial charge < -0.3 is 25.1 Å². The number of halogens is 1. The molecule has 152 valence electrons. The number of nitrogens with zero attached hydrogens (tertiary/aromatic N) is 1. The lowest BCUT2D eigenvalue weighted by Crippen LogP contribution is -2.54. The number of ether oxygens (including phenoxy) is 1. The second-order valence-corrected chi connectivity index (χ2v) is 7.45. The fraction of sp³-hybridized carbons (Fsp3) is 0.400. The second-order valence-electron chi connectivity index (χ2n) is 7.45. The number of anilines is 1. The van der Waals surface area contributed by atoms with E-state index in [2.05, 4.69) is 19.2 Å². The van der Waals surface area contributed by atoms with Crippen molar-refractivity contribution in [3.05, 3.63) is 48.4 Å². The quantitative estimate of drug-likeness (QED) is 0.794. The van der Waals surface area contributed by atoms with Crippen LogP contribution in [0.5, 0.6) is 5.75 Å². The molecule has 0 spiro atoms. The highest BCUT2D eigenvalue weighted by Crippen LogP contribution is 2.27. The zero-order valence-electron chi connectivity index (χ0n) is 16.0. The van der Waals surface area contributed by atoms with E-state index in [1.807, 2.05) is 0 Å². The first-order chi connectivity index (χ1) is 12.8. The Morgan fingerprint density at radius 3 is 2.79 bits per heavy atom. The highest BCUT2D eigenvalue weighted by molar-refractivity contribution is 6.02. The average Bonchev–Trinajstić information content (AvgIpc) is 3.17. The van der Waals surface area contributed by atoms with Crippen LogP contribution in [0.1, 0.15) is 30.8 Å². The molecule has 1 aliphatic rings. The summed E-state index contributed by atoms with van der Waals surface area (Å²) in [5, 5.41) is 2.73.